The molecule has 5 heteroatoms. The molecule has 2 fully saturated rings. The number of ether oxygens (including phenoxy) is 1. The summed E-state index contributed by atoms with van der Waals surface area (Å²) < 4.78 is 10.2. The van der Waals surface area contributed by atoms with Crippen LogP contribution in [-0.2, 0) is 9.53 Å². The standard InChI is InChI=1S/C15H19NO4/c1-8-3-6-11(20-8)14(17)16-13-10-5-4-9(7-10)12(13)15(18)19-2/h3,6,9-10,12-13H,4-5,7H2,1-2H3,(H,16,17)/t9-,10-,12+,13+/m0/s1. The molecule has 1 heterocycles. The van der Waals surface area contributed by atoms with E-state index in [0.717, 1.165) is 19.3 Å². The van der Waals surface area contributed by atoms with Gasteiger partial charge in [-0.1, -0.05) is 0 Å². The van der Waals surface area contributed by atoms with Gasteiger partial charge in [-0.2, -0.15) is 0 Å². The summed E-state index contributed by atoms with van der Waals surface area (Å²) in [6, 6.07) is 3.29. The monoisotopic (exact) mass is 277 g/mol. The Labute approximate surface area is 117 Å². The number of esters is 1. The quantitative estimate of drug-likeness (QED) is 0.857. The third-order valence-corrected chi connectivity index (χ3v) is 4.65. The first-order valence-corrected chi connectivity index (χ1v) is 7.05. The zero-order chi connectivity index (χ0) is 14.3. The predicted molar refractivity (Wildman–Crippen MR) is 71.0 cm³/mol. The molecule has 2 aliphatic rings. The zero-order valence-electron chi connectivity index (χ0n) is 11.7. The van der Waals surface area contributed by atoms with E-state index in [1.807, 2.05) is 0 Å². The number of furan rings is 1. The van der Waals surface area contributed by atoms with Crippen molar-refractivity contribution >= 4 is 11.9 Å². The van der Waals surface area contributed by atoms with Crippen molar-refractivity contribution in [1.29, 1.82) is 0 Å². The smallest absolute Gasteiger partial charge is 0.311 e. The van der Waals surface area contributed by atoms with E-state index >= 15 is 0 Å². The highest BCUT2D eigenvalue weighted by molar-refractivity contribution is 5.92. The Hall–Kier alpha value is -1.78. The van der Waals surface area contributed by atoms with Crippen molar-refractivity contribution in [2.75, 3.05) is 7.11 Å². The maximum absolute atomic E-state index is 12.2. The van der Waals surface area contributed by atoms with Gasteiger partial charge >= 0.3 is 5.97 Å². The van der Waals surface area contributed by atoms with E-state index in [4.69, 9.17) is 9.15 Å². The minimum absolute atomic E-state index is 0.126. The number of methoxy groups -OCH3 is 1. The van der Waals surface area contributed by atoms with Gasteiger partial charge in [0.25, 0.3) is 5.91 Å². The number of hydrogen-bond acceptors (Lipinski definition) is 4. The molecule has 2 bridgehead atoms. The van der Waals surface area contributed by atoms with E-state index in [1.165, 1.54) is 7.11 Å². The van der Waals surface area contributed by atoms with E-state index in [1.54, 1.807) is 19.1 Å². The normalized spacial score (nSPS) is 31.3. The van der Waals surface area contributed by atoms with Crippen molar-refractivity contribution in [3.05, 3.63) is 23.7 Å². The highest BCUT2D eigenvalue weighted by Gasteiger charge is 2.52. The Morgan fingerprint density at radius 1 is 1.30 bits per heavy atom. The summed E-state index contributed by atoms with van der Waals surface area (Å²) in [5.74, 6) is 1.06. The van der Waals surface area contributed by atoms with Crippen LogP contribution in [0.1, 0.15) is 35.6 Å². The summed E-state index contributed by atoms with van der Waals surface area (Å²) in [5.41, 5.74) is 0. The van der Waals surface area contributed by atoms with Crippen molar-refractivity contribution in [2.24, 2.45) is 17.8 Å². The SMILES string of the molecule is COC(=O)[C@@H]1[C@H]2CC[C@@H](C2)[C@H]1NC(=O)c1ccc(C)o1. The number of rotatable bonds is 3. The van der Waals surface area contributed by atoms with Crippen molar-refractivity contribution in [3.63, 3.8) is 0 Å². The van der Waals surface area contributed by atoms with E-state index in [9.17, 15) is 9.59 Å². The summed E-state index contributed by atoms with van der Waals surface area (Å²) in [4.78, 5) is 24.1. The van der Waals surface area contributed by atoms with Gasteiger partial charge in [-0.25, -0.2) is 0 Å². The van der Waals surface area contributed by atoms with E-state index in [2.05, 4.69) is 5.32 Å². The third kappa shape index (κ3) is 2.11. The number of carbonyl (C=O) groups excluding carboxylic acids is 2. The maximum Gasteiger partial charge on any atom is 0.311 e. The average Bonchev–Trinajstić information content (AvgIpc) is 3.13. The van der Waals surface area contributed by atoms with E-state index in [0.29, 0.717) is 23.4 Å². The molecule has 2 aliphatic carbocycles. The molecule has 1 aromatic rings. The van der Waals surface area contributed by atoms with Crippen LogP contribution in [0.2, 0.25) is 0 Å². The first-order chi connectivity index (χ1) is 9.60. The molecule has 0 radical (unpaired) electrons. The van der Waals surface area contributed by atoms with Crippen LogP contribution in [0.3, 0.4) is 0 Å². The molecule has 1 amide bonds. The summed E-state index contributed by atoms with van der Waals surface area (Å²) in [6.45, 7) is 1.80. The van der Waals surface area contributed by atoms with Crippen LogP contribution in [0.5, 0.6) is 0 Å². The van der Waals surface area contributed by atoms with Crippen LogP contribution in [0.25, 0.3) is 0 Å². The Morgan fingerprint density at radius 2 is 2.05 bits per heavy atom. The third-order valence-electron chi connectivity index (χ3n) is 4.65. The summed E-state index contributed by atoms with van der Waals surface area (Å²) >= 11 is 0. The molecule has 1 N–H and O–H groups in total. The molecule has 4 atom stereocenters. The minimum Gasteiger partial charge on any atom is -0.469 e. The number of carbonyl (C=O) groups is 2. The van der Waals surface area contributed by atoms with Gasteiger partial charge in [0.1, 0.15) is 5.76 Å². The van der Waals surface area contributed by atoms with Crippen molar-refractivity contribution in [1.82, 2.24) is 5.32 Å². The van der Waals surface area contributed by atoms with E-state index < -0.39 is 0 Å². The molecule has 3 rings (SSSR count). The lowest BCUT2D eigenvalue weighted by molar-refractivity contribution is -0.148. The number of nitrogens with one attached hydrogen (secondary N) is 1. The second kappa shape index (κ2) is 4.96. The topological polar surface area (TPSA) is 68.5 Å². The van der Waals surface area contributed by atoms with Crippen molar-refractivity contribution in [3.8, 4) is 0 Å². The Morgan fingerprint density at radius 3 is 2.70 bits per heavy atom. The molecule has 0 saturated heterocycles. The van der Waals surface area contributed by atoms with Crippen LogP contribution in [-0.4, -0.2) is 25.0 Å². The highest BCUT2D eigenvalue weighted by atomic mass is 16.5. The second-order valence-corrected chi connectivity index (χ2v) is 5.79. The molecule has 0 spiro atoms. The summed E-state index contributed by atoms with van der Waals surface area (Å²) in [5, 5.41) is 2.97. The van der Waals surface area contributed by atoms with Crippen LogP contribution in [0.15, 0.2) is 16.5 Å². The number of aryl methyl sites for hydroxylation is 1. The second-order valence-electron chi connectivity index (χ2n) is 5.79. The van der Waals surface area contributed by atoms with Gasteiger partial charge in [0.2, 0.25) is 0 Å². The molecular formula is C15H19NO4. The lowest BCUT2D eigenvalue weighted by Crippen LogP contribution is -2.47. The zero-order valence-corrected chi connectivity index (χ0v) is 11.7. The molecule has 1 aromatic heterocycles. The maximum atomic E-state index is 12.2. The molecule has 0 aromatic carbocycles. The van der Waals surface area contributed by atoms with Crippen molar-refractivity contribution in [2.45, 2.75) is 32.2 Å². The van der Waals surface area contributed by atoms with Gasteiger partial charge in [0.05, 0.1) is 13.0 Å². The average molecular weight is 277 g/mol. The highest BCUT2D eigenvalue weighted by Crippen LogP contribution is 2.49. The summed E-state index contributed by atoms with van der Waals surface area (Å²) in [6.07, 6.45) is 3.12. The van der Waals surface area contributed by atoms with Gasteiger partial charge in [-0.15, -0.1) is 0 Å². The van der Waals surface area contributed by atoms with Gasteiger partial charge in [-0.3, -0.25) is 9.59 Å². The van der Waals surface area contributed by atoms with Crippen LogP contribution >= 0.6 is 0 Å². The molecule has 0 aliphatic heterocycles. The molecule has 2 saturated carbocycles. The van der Waals surface area contributed by atoms with Crippen molar-refractivity contribution < 1.29 is 18.7 Å². The molecule has 0 unspecified atom stereocenters. The Bertz CT molecular complexity index is 536. The molecule has 20 heavy (non-hydrogen) atoms. The fourth-order valence-corrected chi connectivity index (χ4v) is 3.75. The Balaban J connectivity index is 1.75. The first kappa shape index (κ1) is 13.2. The van der Waals surface area contributed by atoms with Gasteiger partial charge in [0, 0.05) is 6.04 Å². The molecule has 108 valence electrons. The lowest BCUT2D eigenvalue weighted by Gasteiger charge is -2.29. The molecule has 5 nitrogen and oxygen atoms in total. The predicted octanol–water partition coefficient (Wildman–Crippen LogP) is 1.91. The number of amides is 1. The fraction of sp³-hybridized carbons (Fsp3) is 0.600. The number of fused-ring (bicyclic) bond motifs is 2. The molecular weight excluding hydrogens is 258 g/mol. The summed E-state index contributed by atoms with van der Waals surface area (Å²) in [7, 11) is 1.41. The number of hydrogen-bond donors (Lipinski definition) is 1. The largest absolute Gasteiger partial charge is 0.469 e. The van der Waals surface area contributed by atoms with Gasteiger partial charge in [0.15, 0.2) is 5.76 Å². The minimum atomic E-state index is -0.246. The van der Waals surface area contributed by atoms with E-state index in [-0.39, 0.29) is 23.8 Å². The fourth-order valence-electron chi connectivity index (χ4n) is 3.75. The lowest BCUT2D eigenvalue weighted by atomic mass is 9.84. The van der Waals surface area contributed by atoms with Gasteiger partial charge < -0.3 is 14.5 Å². The van der Waals surface area contributed by atoms with Gasteiger partial charge in [-0.05, 0) is 50.2 Å². The van der Waals surface area contributed by atoms with Crippen LogP contribution in [0.4, 0.5) is 0 Å². The van der Waals surface area contributed by atoms with Crippen LogP contribution in [0, 0.1) is 24.7 Å². The van der Waals surface area contributed by atoms with Crippen LogP contribution < -0.4 is 5.32 Å². The first-order valence-electron chi connectivity index (χ1n) is 7.05. The Kier molecular flexibility index (Phi) is 3.28.